The van der Waals surface area contributed by atoms with Gasteiger partial charge in [0.25, 0.3) is 5.91 Å². The third-order valence-electron chi connectivity index (χ3n) is 3.69. The highest BCUT2D eigenvalue weighted by Crippen LogP contribution is 2.22. The first-order valence-electron chi connectivity index (χ1n) is 7.24. The molecule has 1 amide bonds. The molecule has 6 nitrogen and oxygen atoms in total. The number of halogens is 2. The largest absolute Gasteiger partial charge is 0.317 e. The molecule has 124 valence electrons. The molecule has 0 radical (unpaired) electrons. The first-order valence-corrected chi connectivity index (χ1v) is 7.62. The predicted molar refractivity (Wildman–Crippen MR) is 88.8 cm³/mol. The first-order chi connectivity index (χ1) is 11.5. The van der Waals surface area contributed by atoms with Crippen molar-refractivity contribution < 1.29 is 9.18 Å². The maximum absolute atomic E-state index is 13.0. The SMILES string of the molecule is Cc1nn(Cc2ccc(F)cc2)c(C)c1NC(=O)c1[nH]ncc1Cl. The average Bonchev–Trinajstić information content (AvgIpc) is 3.08. The Kier molecular flexibility index (Phi) is 4.35. The van der Waals surface area contributed by atoms with E-state index >= 15 is 0 Å². The van der Waals surface area contributed by atoms with Crippen LogP contribution in [0.1, 0.15) is 27.4 Å². The van der Waals surface area contributed by atoms with E-state index in [0.29, 0.717) is 17.9 Å². The Morgan fingerprint density at radius 2 is 2.04 bits per heavy atom. The van der Waals surface area contributed by atoms with E-state index in [9.17, 15) is 9.18 Å². The molecule has 0 atom stereocenters. The number of carbonyl (C=O) groups excluding carboxylic acids is 1. The minimum Gasteiger partial charge on any atom is -0.317 e. The molecule has 8 heteroatoms. The number of aromatic nitrogens is 4. The molecule has 2 aromatic heterocycles. The average molecular weight is 348 g/mol. The van der Waals surface area contributed by atoms with Gasteiger partial charge in [-0.2, -0.15) is 10.2 Å². The van der Waals surface area contributed by atoms with Crippen LogP contribution >= 0.6 is 11.6 Å². The number of amides is 1. The minimum absolute atomic E-state index is 0.196. The third kappa shape index (κ3) is 3.16. The van der Waals surface area contributed by atoms with Crippen LogP contribution in [0.25, 0.3) is 0 Å². The van der Waals surface area contributed by atoms with Gasteiger partial charge in [-0.15, -0.1) is 0 Å². The third-order valence-corrected chi connectivity index (χ3v) is 3.97. The van der Waals surface area contributed by atoms with E-state index < -0.39 is 0 Å². The molecule has 2 N–H and O–H groups in total. The number of rotatable bonds is 4. The first kappa shape index (κ1) is 16.2. The number of aromatic amines is 1. The van der Waals surface area contributed by atoms with Crippen molar-refractivity contribution in [2.24, 2.45) is 0 Å². The maximum atomic E-state index is 13.0. The second kappa shape index (κ2) is 6.45. The molecule has 3 aromatic rings. The molecular formula is C16H15ClFN5O. The lowest BCUT2D eigenvalue weighted by atomic mass is 10.2. The van der Waals surface area contributed by atoms with Crippen molar-refractivity contribution in [3.05, 3.63) is 63.9 Å². The lowest BCUT2D eigenvalue weighted by Crippen LogP contribution is -2.14. The van der Waals surface area contributed by atoms with Crippen LogP contribution in [0.4, 0.5) is 10.1 Å². The van der Waals surface area contributed by atoms with Gasteiger partial charge < -0.3 is 5.32 Å². The van der Waals surface area contributed by atoms with Gasteiger partial charge in [0, 0.05) is 0 Å². The zero-order valence-corrected chi connectivity index (χ0v) is 13.9. The number of carbonyl (C=O) groups is 1. The molecule has 0 bridgehead atoms. The van der Waals surface area contributed by atoms with Crippen molar-refractivity contribution in [3.8, 4) is 0 Å². The normalized spacial score (nSPS) is 10.8. The molecule has 2 heterocycles. The Labute approximate surface area is 142 Å². The van der Waals surface area contributed by atoms with Crippen molar-refractivity contribution >= 4 is 23.2 Å². The molecule has 0 aliphatic heterocycles. The van der Waals surface area contributed by atoms with Gasteiger partial charge in [-0.05, 0) is 31.5 Å². The Bertz CT molecular complexity index is 885. The van der Waals surface area contributed by atoms with E-state index in [2.05, 4.69) is 20.6 Å². The summed E-state index contributed by atoms with van der Waals surface area (Å²) in [7, 11) is 0. The summed E-state index contributed by atoms with van der Waals surface area (Å²) in [4.78, 5) is 12.3. The molecule has 0 aliphatic carbocycles. The van der Waals surface area contributed by atoms with Crippen LogP contribution in [0.2, 0.25) is 5.02 Å². The zero-order valence-electron chi connectivity index (χ0n) is 13.1. The van der Waals surface area contributed by atoms with Crippen LogP contribution in [0.15, 0.2) is 30.5 Å². The summed E-state index contributed by atoms with van der Waals surface area (Å²) in [6.45, 7) is 4.14. The molecule has 0 saturated carbocycles. The van der Waals surface area contributed by atoms with Crippen LogP contribution < -0.4 is 5.32 Å². The van der Waals surface area contributed by atoms with Crippen molar-refractivity contribution in [1.82, 2.24) is 20.0 Å². The fraction of sp³-hybridized carbons (Fsp3) is 0.188. The summed E-state index contributed by atoms with van der Waals surface area (Å²) in [6, 6.07) is 6.22. The standard InChI is InChI=1S/C16H15ClFN5O/c1-9-14(20-16(24)15-13(17)7-19-21-15)10(2)23(22-9)8-11-3-5-12(18)6-4-11/h3-7H,8H2,1-2H3,(H,19,21)(H,20,24). The number of hydrogen-bond donors (Lipinski definition) is 2. The van der Waals surface area contributed by atoms with Crippen LogP contribution in [-0.4, -0.2) is 25.9 Å². The van der Waals surface area contributed by atoms with Crippen molar-refractivity contribution in [2.75, 3.05) is 5.32 Å². The summed E-state index contributed by atoms with van der Waals surface area (Å²) in [5.41, 5.74) is 3.20. The molecule has 0 spiro atoms. The van der Waals surface area contributed by atoms with Gasteiger partial charge in [0.15, 0.2) is 0 Å². The summed E-state index contributed by atoms with van der Waals surface area (Å²) in [6.07, 6.45) is 1.37. The fourth-order valence-electron chi connectivity index (χ4n) is 2.40. The number of anilines is 1. The summed E-state index contributed by atoms with van der Waals surface area (Å²) >= 11 is 5.90. The smallest absolute Gasteiger partial charge is 0.275 e. The summed E-state index contributed by atoms with van der Waals surface area (Å²) in [5, 5.41) is 13.8. The van der Waals surface area contributed by atoms with Gasteiger partial charge in [-0.3, -0.25) is 14.6 Å². The van der Waals surface area contributed by atoms with Crippen molar-refractivity contribution in [3.63, 3.8) is 0 Å². The maximum Gasteiger partial charge on any atom is 0.275 e. The molecular weight excluding hydrogens is 333 g/mol. The molecule has 0 saturated heterocycles. The van der Waals surface area contributed by atoms with E-state index in [1.54, 1.807) is 23.7 Å². The lowest BCUT2D eigenvalue weighted by Gasteiger charge is -2.07. The molecule has 3 rings (SSSR count). The van der Waals surface area contributed by atoms with Gasteiger partial charge in [0.1, 0.15) is 11.5 Å². The second-order valence-corrected chi connectivity index (χ2v) is 5.78. The number of hydrogen-bond acceptors (Lipinski definition) is 3. The Hall–Kier alpha value is -2.67. The van der Waals surface area contributed by atoms with Gasteiger partial charge in [-0.1, -0.05) is 23.7 Å². The summed E-state index contributed by atoms with van der Waals surface area (Å²) in [5.74, 6) is -0.665. The van der Waals surface area contributed by atoms with E-state index in [0.717, 1.165) is 11.3 Å². The highest BCUT2D eigenvalue weighted by Gasteiger charge is 2.18. The van der Waals surface area contributed by atoms with E-state index in [-0.39, 0.29) is 22.4 Å². The second-order valence-electron chi connectivity index (χ2n) is 5.38. The highest BCUT2D eigenvalue weighted by atomic mass is 35.5. The van der Waals surface area contributed by atoms with Crippen LogP contribution in [-0.2, 0) is 6.54 Å². The van der Waals surface area contributed by atoms with Gasteiger partial charge in [-0.25, -0.2) is 4.39 Å². The summed E-state index contributed by atoms with van der Waals surface area (Å²) < 4.78 is 14.8. The number of benzene rings is 1. The number of nitrogens with zero attached hydrogens (tertiary/aromatic N) is 3. The molecule has 0 unspecified atom stereocenters. The molecule has 0 aliphatic rings. The van der Waals surface area contributed by atoms with Gasteiger partial charge >= 0.3 is 0 Å². The highest BCUT2D eigenvalue weighted by molar-refractivity contribution is 6.34. The Balaban J connectivity index is 1.82. The van der Waals surface area contributed by atoms with Crippen molar-refractivity contribution in [2.45, 2.75) is 20.4 Å². The lowest BCUT2D eigenvalue weighted by molar-refractivity contribution is 0.102. The topological polar surface area (TPSA) is 75.6 Å². The van der Waals surface area contributed by atoms with Crippen LogP contribution in [0.5, 0.6) is 0 Å². The predicted octanol–water partition coefficient (Wildman–Crippen LogP) is 3.32. The quantitative estimate of drug-likeness (QED) is 0.760. The van der Waals surface area contributed by atoms with Gasteiger partial charge in [0.05, 0.1) is 34.8 Å². The van der Waals surface area contributed by atoms with E-state index in [4.69, 9.17) is 11.6 Å². The minimum atomic E-state index is -0.384. The van der Waals surface area contributed by atoms with Crippen molar-refractivity contribution in [1.29, 1.82) is 0 Å². The number of H-pyrrole nitrogens is 1. The van der Waals surface area contributed by atoms with E-state index in [1.807, 2.05) is 6.92 Å². The molecule has 0 fully saturated rings. The van der Waals surface area contributed by atoms with Gasteiger partial charge in [0.2, 0.25) is 0 Å². The number of nitrogens with one attached hydrogen (secondary N) is 2. The van der Waals surface area contributed by atoms with Crippen LogP contribution in [0.3, 0.4) is 0 Å². The zero-order chi connectivity index (χ0) is 17.3. The Morgan fingerprint density at radius 3 is 2.67 bits per heavy atom. The monoisotopic (exact) mass is 347 g/mol. The fourth-order valence-corrected chi connectivity index (χ4v) is 2.58. The van der Waals surface area contributed by atoms with Crippen LogP contribution in [0, 0.1) is 19.7 Å². The molecule has 24 heavy (non-hydrogen) atoms. The molecule has 1 aromatic carbocycles. The number of aryl methyl sites for hydroxylation is 1. The Morgan fingerprint density at radius 1 is 1.33 bits per heavy atom. The van der Waals surface area contributed by atoms with E-state index in [1.165, 1.54) is 18.3 Å².